The van der Waals surface area contributed by atoms with Crippen molar-refractivity contribution in [3.8, 4) is 0 Å². The number of nitrogens with zero attached hydrogens (tertiary/aromatic N) is 4. The van der Waals surface area contributed by atoms with Crippen LogP contribution in [0.15, 0.2) is 53.6 Å². The van der Waals surface area contributed by atoms with E-state index in [2.05, 4.69) is 9.88 Å². The molecular weight excluding hydrogens is 352 g/mol. The van der Waals surface area contributed by atoms with E-state index < -0.39 is 10.0 Å². The minimum atomic E-state index is -3.56. The molecule has 1 aliphatic heterocycles. The predicted molar refractivity (Wildman–Crippen MR) is 99.7 cm³/mol. The van der Waals surface area contributed by atoms with Gasteiger partial charge in [-0.05, 0) is 30.3 Å². The van der Waals surface area contributed by atoms with Crippen LogP contribution in [0.4, 0.5) is 5.82 Å². The van der Waals surface area contributed by atoms with E-state index in [-0.39, 0.29) is 10.8 Å². The Balaban J connectivity index is 1.71. The highest BCUT2D eigenvalue weighted by Crippen LogP contribution is 2.18. The number of pyridine rings is 1. The first kappa shape index (κ1) is 18.3. The molecule has 0 bridgehead atoms. The van der Waals surface area contributed by atoms with Crippen LogP contribution in [-0.2, 0) is 10.0 Å². The summed E-state index contributed by atoms with van der Waals surface area (Å²) in [6, 6.07) is 12.0. The van der Waals surface area contributed by atoms with Gasteiger partial charge in [0, 0.05) is 52.0 Å². The number of carbonyl (C=O) groups excluding carboxylic acids is 1. The van der Waals surface area contributed by atoms with Gasteiger partial charge in [0.2, 0.25) is 10.0 Å². The fraction of sp³-hybridized carbons (Fsp3) is 0.333. The molecule has 8 heteroatoms. The topological polar surface area (TPSA) is 73.8 Å². The lowest BCUT2D eigenvalue weighted by atomic mass is 10.2. The predicted octanol–water partition coefficient (Wildman–Crippen LogP) is 1.29. The Bertz CT molecular complexity index is 876. The Kier molecular flexibility index (Phi) is 5.24. The van der Waals surface area contributed by atoms with Gasteiger partial charge < -0.3 is 9.80 Å². The summed E-state index contributed by atoms with van der Waals surface area (Å²) in [5, 5.41) is 0. The lowest BCUT2D eigenvalue weighted by Crippen LogP contribution is -2.49. The number of anilines is 1. The van der Waals surface area contributed by atoms with Crippen LogP contribution in [0.5, 0.6) is 0 Å². The summed E-state index contributed by atoms with van der Waals surface area (Å²) in [7, 11) is -0.617. The molecule has 138 valence electrons. The molecule has 0 N–H and O–H groups in total. The van der Waals surface area contributed by atoms with Crippen LogP contribution >= 0.6 is 0 Å². The molecule has 1 fully saturated rings. The van der Waals surface area contributed by atoms with Gasteiger partial charge in [-0.15, -0.1) is 0 Å². The van der Waals surface area contributed by atoms with Crippen molar-refractivity contribution < 1.29 is 13.2 Å². The highest BCUT2D eigenvalue weighted by atomic mass is 32.2. The first-order valence-electron chi connectivity index (χ1n) is 8.37. The second kappa shape index (κ2) is 7.43. The number of sulfonamides is 1. The number of hydrogen-bond donors (Lipinski definition) is 0. The molecule has 1 amide bonds. The molecule has 1 aromatic carbocycles. The van der Waals surface area contributed by atoms with E-state index >= 15 is 0 Å². The molecule has 0 unspecified atom stereocenters. The quantitative estimate of drug-likeness (QED) is 0.806. The fourth-order valence-electron chi connectivity index (χ4n) is 2.86. The Morgan fingerprint density at radius 2 is 1.77 bits per heavy atom. The van der Waals surface area contributed by atoms with E-state index in [0.717, 1.165) is 10.1 Å². The molecule has 0 atom stereocenters. The Morgan fingerprint density at radius 3 is 2.38 bits per heavy atom. The number of aromatic nitrogens is 1. The average Bonchev–Trinajstić information content (AvgIpc) is 2.68. The molecular formula is C18H22N4O3S. The Morgan fingerprint density at radius 1 is 1.04 bits per heavy atom. The van der Waals surface area contributed by atoms with Gasteiger partial charge in [-0.25, -0.2) is 17.7 Å². The zero-order chi connectivity index (χ0) is 18.7. The number of carbonyl (C=O) groups is 1. The Hall–Kier alpha value is -2.45. The zero-order valence-electron chi connectivity index (χ0n) is 14.9. The summed E-state index contributed by atoms with van der Waals surface area (Å²) >= 11 is 0. The van der Waals surface area contributed by atoms with Crippen molar-refractivity contribution >= 4 is 21.7 Å². The lowest BCUT2D eigenvalue weighted by molar-refractivity contribution is 0.0746. The number of rotatable bonds is 4. The summed E-state index contributed by atoms with van der Waals surface area (Å²) < 4.78 is 25.7. The number of hydrogen-bond acceptors (Lipinski definition) is 5. The van der Waals surface area contributed by atoms with Crippen molar-refractivity contribution in [2.24, 2.45) is 0 Å². The van der Waals surface area contributed by atoms with Gasteiger partial charge in [0.15, 0.2) is 0 Å². The van der Waals surface area contributed by atoms with Crippen molar-refractivity contribution in [2.75, 3.05) is 45.2 Å². The maximum Gasteiger partial charge on any atom is 0.254 e. The van der Waals surface area contributed by atoms with Crippen molar-refractivity contribution in [3.05, 3.63) is 54.2 Å². The van der Waals surface area contributed by atoms with E-state index in [4.69, 9.17) is 0 Å². The zero-order valence-corrected chi connectivity index (χ0v) is 15.7. The van der Waals surface area contributed by atoms with Crippen LogP contribution in [0.2, 0.25) is 0 Å². The highest BCUT2D eigenvalue weighted by Gasteiger charge is 2.24. The van der Waals surface area contributed by atoms with Gasteiger partial charge in [0.05, 0.1) is 4.90 Å². The van der Waals surface area contributed by atoms with E-state index in [1.165, 1.54) is 26.2 Å². The van der Waals surface area contributed by atoms with E-state index in [1.54, 1.807) is 23.2 Å². The first-order valence-corrected chi connectivity index (χ1v) is 9.81. The second-order valence-electron chi connectivity index (χ2n) is 6.28. The van der Waals surface area contributed by atoms with Crippen LogP contribution in [0, 0.1) is 0 Å². The number of amides is 1. The fourth-order valence-corrected chi connectivity index (χ4v) is 3.81. The highest BCUT2D eigenvalue weighted by molar-refractivity contribution is 7.89. The Labute approximate surface area is 153 Å². The third kappa shape index (κ3) is 3.71. The van der Waals surface area contributed by atoms with Gasteiger partial charge in [-0.2, -0.15) is 0 Å². The van der Waals surface area contributed by atoms with Crippen LogP contribution in [0.3, 0.4) is 0 Å². The van der Waals surface area contributed by atoms with Crippen LogP contribution in [0.1, 0.15) is 10.4 Å². The molecule has 2 heterocycles. The second-order valence-corrected chi connectivity index (χ2v) is 8.43. The van der Waals surface area contributed by atoms with Crippen LogP contribution < -0.4 is 4.90 Å². The summed E-state index contributed by atoms with van der Waals surface area (Å²) in [4.78, 5) is 21.1. The third-order valence-corrected chi connectivity index (χ3v) is 6.21. The monoisotopic (exact) mass is 374 g/mol. The van der Waals surface area contributed by atoms with Gasteiger partial charge in [-0.1, -0.05) is 12.1 Å². The lowest BCUT2D eigenvalue weighted by Gasteiger charge is -2.35. The van der Waals surface area contributed by atoms with Gasteiger partial charge in [0.1, 0.15) is 5.82 Å². The van der Waals surface area contributed by atoms with Crippen molar-refractivity contribution in [2.45, 2.75) is 4.90 Å². The van der Waals surface area contributed by atoms with Gasteiger partial charge in [-0.3, -0.25) is 4.79 Å². The molecule has 1 aliphatic rings. The molecule has 2 aromatic rings. The first-order chi connectivity index (χ1) is 12.4. The molecule has 0 spiro atoms. The standard InChI is InChI=1S/C18H22N4O3S/c1-20(2)26(24,25)16-7-5-6-15(14-16)18(23)22-12-10-21(11-13-22)17-8-3-4-9-19-17/h3-9,14H,10-13H2,1-2H3. The SMILES string of the molecule is CN(C)S(=O)(=O)c1cccc(C(=O)N2CCN(c3ccccn3)CC2)c1. The smallest absolute Gasteiger partial charge is 0.254 e. The maximum atomic E-state index is 12.8. The number of piperazine rings is 1. The van der Waals surface area contributed by atoms with Crippen molar-refractivity contribution in [3.63, 3.8) is 0 Å². The average molecular weight is 374 g/mol. The van der Waals surface area contributed by atoms with Crippen LogP contribution in [-0.4, -0.2) is 68.8 Å². The molecule has 1 aromatic heterocycles. The molecule has 7 nitrogen and oxygen atoms in total. The number of benzene rings is 1. The molecule has 3 rings (SSSR count). The molecule has 0 aliphatic carbocycles. The third-order valence-electron chi connectivity index (χ3n) is 4.40. The van der Waals surface area contributed by atoms with E-state index in [1.807, 2.05) is 18.2 Å². The molecule has 1 saturated heterocycles. The van der Waals surface area contributed by atoms with Gasteiger partial charge in [0.25, 0.3) is 5.91 Å². The molecule has 26 heavy (non-hydrogen) atoms. The van der Waals surface area contributed by atoms with Crippen LogP contribution in [0.25, 0.3) is 0 Å². The molecule has 0 radical (unpaired) electrons. The normalized spacial score (nSPS) is 15.3. The summed E-state index contributed by atoms with van der Waals surface area (Å²) in [6.07, 6.45) is 1.75. The minimum Gasteiger partial charge on any atom is -0.353 e. The van der Waals surface area contributed by atoms with Crippen molar-refractivity contribution in [1.82, 2.24) is 14.2 Å². The summed E-state index contributed by atoms with van der Waals surface area (Å²) in [6.45, 7) is 2.52. The maximum absolute atomic E-state index is 12.8. The van der Waals surface area contributed by atoms with E-state index in [9.17, 15) is 13.2 Å². The van der Waals surface area contributed by atoms with Crippen molar-refractivity contribution in [1.29, 1.82) is 0 Å². The summed E-state index contributed by atoms with van der Waals surface area (Å²) in [5.74, 6) is 0.750. The molecule has 0 saturated carbocycles. The largest absolute Gasteiger partial charge is 0.353 e. The summed E-state index contributed by atoms with van der Waals surface area (Å²) in [5.41, 5.74) is 0.388. The minimum absolute atomic E-state index is 0.125. The van der Waals surface area contributed by atoms with Gasteiger partial charge >= 0.3 is 0 Å². The van der Waals surface area contributed by atoms with E-state index in [0.29, 0.717) is 31.7 Å².